The van der Waals surface area contributed by atoms with Crippen molar-refractivity contribution in [2.24, 2.45) is 10.7 Å². The van der Waals surface area contributed by atoms with Crippen LogP contribution in [-0.2, 0) is 0 Å². The van der Waals surface area contributed by atoms with Crippen molar-refractivity contribution in [3.63, 3.8) is 0 Å². The number of thiocarbonyl (C=S) groups is 1. The van der Waals surface area contributed by atoms with Gasteiger partial charge in [-0.15, -0.1) is 0 Å². The van der Waals surface area contributed by atoms with Gasteiger partial charge in [0.05, 0.1) is 6.54 Å². The maximum absolute atomic E-state index is 5.25. The Morgan fingerprint density at radius 3 is 3.00 bits per heavy atom. The zero-order valence-electron chi connectivity index (χ0n) is 5.79. The topological polar surface area (TPSA) is 53.6 Å². The number of guanidine groups is 1. The van der Waals surface area contributed by atoms with E-state index >= 15 is 0 Å². The summed E-state index contributed by atoms with van der Waals surface area (Å²) in [5.41, 5.74) is 5.25. The van der Waals surface area contributed by atoms with E-state index in [-0.39, 0.29) is 5.11 Å². The molecular weight excluding hydrogens is 148 g/mol. The van der Waals surface area contributed by atoms with Crippen molar-refractivity contribution in [3.8, 4) is 0 Å². The Labute approximate surface area is 65.1 Å². The van der Waals surface area contributed by atoms with Crippen LogP contribution in [-0.4, -0.2) is 36.1 Å². The smallest absolute Gasteiger partial charge is 0.200 e. The lowest BCUT2D eigenvalue weighted by molar-refractivity contribution is 0.545. The number of nitrogens with zero attached hydrogens (tertiary/aromatic N) is 2. The predicted molar refractivity (Wildman–Crippen MR) is 44.9 cm³/mol. The minimum atomic E-state index is 0.271. The standard InChI is InChI=1S/C5H10N4S/c1-9-3-2-7-5(9)8-4(6)10/h2-3H2,1H3,(H3,6,7,8,10). The summed E-state index contributed by atoms with van der Waals surface area (Å²) in [7, 11) is 1.94. The van der Waals surface area contributed by atoms with Crippen molar-refractivity contribution in [2.75, 3.05) is 20.1 Å². The highest BCUT2D eigenvalue weighted by atomic mass is 32.1. The van der Waals surface area contributed by atoms with Crippen LogP contribution in [0.2, 0.25) is 0 Å². The first-order valence-corrected chi connectivity index (χ1v) is 3.43. The molecule has 0 unspecified atom stereocenters. The summed E-state index contributed by atoms with van der Waals surface area (Å²) in [5, 5.41) is 3.05. The van der Waals surface area contributed by atoms with Gasteiger partial charge in [-0.3, -0.25) is 4.99 Å². The molecule has 0 spiro atoms. The van der Waals surface area contributed by atoms with Gasteiger partial charge in [0, 0.05) is 13.6 Å². The molecule has 5 heteroatoms. The fourth-order valence-electron chi connectivity index (χ4n) is 0.778. The molecule has 0 radical (unpaired) electrons. The quantitative estimate of drug-likeness (QED) is 0.450. The van der Waals surface area contributed by atoms with E-state index < -0.39 is 0 Å². The highest BCUT2D eigenvalue weighted by Gasteiger charge is 2.11. The molecule has 0 saturated heterocycles. The summed E-state index contributed by atoms with van der Waals surface area (Å²) in [5.74, 6) is 0.771. The largest absolute Gasteiger partial charge is 0.376 e. The van der Waals surface area contributed by atoms with Gasteiger partial charge in [0.25, 0.3) is 0 Å². The van der Waals surface area contributed by atoms with Crippen LogP contribution >= 0.6 is 12.2 Å². The molecule has 0 fully saturated rings. The van der Waals surface area contributed by atoms with Gasteiger partial charge >= 0.3 is 0 Å². The zero-order chi connectivity index (χ0) is 7.56. The second kappa shape index (κ2) is 2.83. The van der Waals surface area contributed by atoms with E-state index in [2.05, 4.69) is 22.5 Å². The normalized spacial score (nSPS) is 16.9. The third-order valence-corrected chi connectivity index (χ3v) is 1.40. The third kappa shape index (κ3) is 1.57. The van der Waals surface area contributed by atoms with Gasteiger partial charge in [0.2, 0.25) is 0 Å². The molecule has 4 nitrogen and oxygen atoms in total. The molecule has 0 aromatic heterocycles. The Bertz CT molecular complexity index is 176. The average Bonchev–Trinajstić information content (AvgIpc) is 2.15. The van der Waals surface area contributed by atoms with Crippen LogP contribution in [0.1, 0.15) is 0 Å². The van der Waals surface area contributed by atoms with Gasteiger partial charge in [0.15, 0.2) is 11.1 Å². The predicted octanol–water partition coefficient (Wildman–Crippen LogP) is -0.879. The molecule has 1 aliphatic heterocycles. The summed E-state index contributed by atoms with van der Waals surface area (Å²) in [6.07, 6.45) is 0. The van der Waals surface area contributed by atoms with Crippen LogP contribution in [0.15, 0.2) is 4.99 Å². The highest BCUT2D eigenvalue weighted by Crippen LogP contribution is 1.93. The number of rotatable bonds is 0. The maximum Gasteiger partial charge on any atom is 0.200 e. The molecule has 0 atom stereocenters. The van der Waals surface area contributed by atoms with Crippen molar-refractivity contribution in [3.05, 3.63) is 0 Å². The SMILES string of the molecule is CN1CCN=C1NC(N)=S. The molecule has 0 aromatic carbocycles. The van der Waals surface area contributed by atoms with Crippen LogP contribution in [0, 0.1) is 0 Å². The first kappa shape index (κ1) is 7.27. The van der Waals surface area contributed by atoms with E-state index in [1.807, 2.05) is 11.9 Å². The molecule has 0 aliphatic carbocycles. The Kier molecular flexibility index (Phi) is 2.06. The molecule has 3 N–H and O–H groups in total. The number of likely N-dealkylation sites (N-methyl/N-ethyl adjacent to an activating group) is 1. The van der Waals surface area contributed by atoms with Gasteiger partial charge < -0.3 is 16.0 Å². The van der Waals surface area contributed by atoms with E-state index in [9.17, 15) is 0 Å². The average molecular weight is 158 g/mol. The fraction of sp³-hybridized carbons (Fsp3) is 0.600. The Balaban J connectivity index is 2.47. The summed E-state index contributed by atoms with van der Waals surface area (Å²) >= 11 is 4.64. The van der Waals surface area contributed by atoms with E-state index in [0.29, 0.717) is 0 Å². The zero-order valence-corrected chi connectivity index (χ0v) is 6.61. The van der Waals surface area contributed by atoms with Gasteiger partial charge in [-0.1, -0.05) is 0 Å². The minimum Gasteiger partial charge on any atom is -0.376 e. The highest BCUT2D eigenvalue weighted by molar-refractivity contribution is 7.80. The first-order valence-electron chi connectivity index (χ1n) is 3.02. The molecule has 0 aromatic rings. The van der Waals surface area contributed by atoms with Crippen LogP contribution in [0.3, 0.4) is 0 Å². The second-order valence-corrected chi connectivity index (χ2v) is 2.56. The van der Waals surface area contributed by atoms with Gasteiger partial charge in [0.1, 0.15) is 0 Å². The number of hydrogen-bond donors (Lipinski definition) is 2. The van der Waals surface area contributed by atoms with Crippen molar-refractivity contribution >= 4 is 23.3 Å². The third-order valence-electron chi connectivity index (χ3n) is 1.29. The lowest BCUT2D eigenvalue weighted by Gasteiger charge is -2.13. The van der Waals surface area contributed by atoms with Crippen LogP contribution < -0.4 is 11.1 Å². The molecular formula is C5H10N4S. The number of hydrogen-bond acceptors (Lipinski definition) is 3. The molecule has 0 amide bonds. The van der Waals surface area contributed by atoms with Gasteiger partial charge in [-0.25, -0.2) is 0 Å². The van der Waals surface area contributed by atoms with E-state index in [0.717, 1.165) is 19.0 Å². The lowest BCUT2D eigenvalue weighted by Crippen LogP contribution is -2.41. The summed E-state index contributed by atoms with van der Waals surface area (Å²) in [6.45, 7) is 1.76. The Hall–Kier alpha value is -0.840. The van der Waals surface area contributed by atoms with Crippen molar-refractivity contribution in [2.45, 2.75) is 0 Å². The first-order chi connectivity index (χ1) is 4.70. The number of nitrogens with one attached hydrogen (secondary N) is 1. The van der Waals surface area contributed by atoms with E-state index in [4.69, 9.17) is 5.73 Å². The molecule has 0 bridgehead atoms. The summed E-state index contributed by atoms with van der Waals surface area (Å²) in [4.78, 5) is 6.09. The van der Waals surface area contributed by atoms with Gasteiger partial charge in [-0.05, 0) is 12.2 Å². The molecule has 1 aliphatic rings. The molecule has 56 valence electrons. The molecule has 1 rings (SSSR count). The molecule has 10 heavy (non-hydrogen) atoms. The maximum atomic E-state index is 5.25. The monoisotopic (exact) mass is 158 g/mol. The van der Waals surface area contributed by atoms with E-state index in [1.165, 1.54) is 0 Å². The molecule has 0 saturated carbocycles. The lowest BCUT2D eigenvalue weighted by atomic mass is 10.6. The van der Waals surface area contributed by atoms with Crippen molar-refractivity contribution < 1.29 is 0 Å². The molecule has 1 heterocycles. The Morgan fingerprint density at radius 2 is 2.60 bits per heavy atom. The fourth-order valence-corrected chi connectivity index (χ4v) is 0.869. The van der Waals surface area contributed by atoms with Crippen molar-refractivity contribution in [1.82, 2.24) is 10.2 Å². The van der Waals surface area contributed by atoms with E-state index in [1.54, 1.807) is 0 Å². The summed E-state index contributed by atoms with van der Waals surface area (Å²) < 4.78 is 0. The van der Waals surface area contributed by atoms with Gasteiger partial charge in [-0.2, -0.15) is 0 Å². The number of nitrogens with two attached hydrogens (primary N) is 1. The minimum absolute atomic E-state index is 0.271. The van der Waals surface area contributed by atoms with Crippen LogP contribution in [0.25, 0.3) is 0 Å². The number of aliphatic imine (C=N–C) groups is 1. The van der Waals surface area contributed by atoms with Crippen LogP contribution in [0.4, 0.5) is 0 Å². The summed E-state index contributed by atoms with van der Waals surface area (Å²) in [6, 6.07) is 0. The van der Waals surface area contributed by atoms with Crippen LogP contribution in [0.5, 0.6) is 0 Å². The Morgan fingerprint density at radius 1 is 1.90 bits per heavy atom. The second-order valence-electron chi connectivity index (χ2n) is 2.12. The van der Waals surface area contributed by atoms with Crippen molar-refractivity contribution in [1.29, 1.82) is 0 Å².